The minimum Gasteiger partial charge on any atom is -0.481 e. The number of amides is 1. The molecule has 26 heavy (non-hydrogen) atoms. The zero-order chi connectivity index (χ0) is 19.9. The molecule has 0 aromatic carbocycles. The van der Waals surface area contributed by atoms with E-state index in [0.717, 1.165) is 0 Å². The lowest BCUT2D eigenvalue weighted by molar-refractivity contribution is -0.145. The van der Waals surface area contributed by atoms with Crippen LogP contribution in [0.3, 0.4) is 0 Å². The first kappa shape index (κ1) is 21.5. The van der Waals surface area contributed by atoms with Crippen LogP contribution in [-0.2, 0) is 9.59 Å². The molecule has 0 saturated carbocycles. The fourth-order valence-corrected chi connectivity index (χ4v) is 2.17. The molecule has 0 aliphatic heterocycles. The van der Waals surface area contributed by atoms with Crippen LogP contribution in [0.1, 0.15) is 34.1 Å². The van der Waals surface area contributed by atoms with E-state index in [9.17, 15) is 14.7 Å². The van der Waals surface area contributed by atoms with Crippen molar-refractivity contribution < 1.29 is 28.9 Å². The van der Waals surface area contributed by atoms with E-state index in [0.29, 0.717) is 6.42 Å². The maximum absolute atomic E-state index is 12.6. The van der Waals surface area contributed by atoms with Crippen molar-refractivity contribution in [2.75, 3.05) is 14.2 Å². The molecule has 1 amide bonds. The normalized spacial score (nSPS) is 14.3. The summed E-state index contributed by atoms with van der Waals surface area (Å²) < 4.78 is 15.7. The van der Waals surface area contributed by atoms with Crippen LogP contribution in [0.25, 0.3) is 0 Å². The van der Waals surface area contributed by atoms with E-state index in [4.69, 9.17) is 14.2 Å². The molecule has 1 aromatic rings. The molecule has 1 heterocycles. The Morgan fingerprint density at radius 2 is 1.69 bits per heavy atom. The van der Waals surface area contributed by atoms with Crippen molar-refractivity contribution >= 4 is 11.9 Å². The lowest BCUT2D eigenvalue weighted by Crippen LogP contribution is -2.51. The van der Waals surface area contributed by atoms with Gasteiger partial charge in [0.1, 0.15) is 6.04 Å². The van der Waals surface area contributed by atoms with Crippen LogP contribution in [0.15, 0.2) is 6.07 Å². The third kappa shape index (κ3) is 5.75. The zero-order valence-corrected chi connectivity index (χ0v) is 16.0. The predicted octanol–water partition coefficient (Wildman–Crippen LogP) is 1.51. The molecule has 0 spiro atoms. The molecule has 0 fully saturated rings. The molecule has 0 aliphatic carbocycles. The summed E-state index contributed by atoms with van der Waals surface area (Å²) in [5.74, 6) is -1.66. The summed E-state index contributed by atoms with van der Waals surface area (Å²) in [4.78, 5) is 32.1. The number of carbonyl (C=O) groups excluding carboxylic acids is 1. The Bertz CT molecular complexity index is 600. The van der Waals surface area contributed by atoms with Gasteiger partial charge < -0.3 is 24.6 Å². The highest BCUT2D eigenvalue weighted by Crippen LogP contribution is 2.21. The van der Waals surface area contributed by atoms with Crippen molar-refractivity contribution in [1.82, 2.24) is 15.3 Å². The van der Waals surface area contributed by atoms with Crippen LogP contribution in [0, 0.1) is 11.8 Å². The van der Waals surface area contributed by atoms with Crippen LogP contribution in [0.5, 0.6) is 17.8 Å². The number of nitrogens with zero attached hydrogens (tertiary/aromatic N) is 2. The average molecular weight is 369 g/mol. The van der Waals surface area contributed by atoms with Gasteiger partial charge in [-0.2, -0.15) is 9.97 Å². The van der Waals surface area contributed by atoms with Gasteiger partial charge in [-0.3, -0.25) is 4.79 Å². The second-order valence-electron chi connectivity index (χ2n) is 6.23. The number of rotatable bonds is 10. The third-order valence-corrected chi connectivity index (χ3v) is 3.95. The summed E-state index contributed by atoms with van der Waals surface area (Å²) >= 11 is 0. The topological polar surface area (TPSA) is 120 Å². The molecule has 146 valence electrons. The Morgan fingerprint density at radius 3 is 2.08 bits per heavy atom. The monoisotopic (exact) mass is 369 g/mol. The van der Waals surface area contributed by atoms with Crippen LogP contribution < -0.4 is 19.5 Å². The zero-order valence-electron chi connectivity index (χ0n) is 16.0. The standard InChI is InChI=1S/C17H27N3O6/c1-7-10(4)13(16(22)23)20-15(21)14(9(2)3)26-17-18-11(24-5)8-12(19-17)25-6/h8-10,13-14H,7H2,1-6H3,(H,20,21)(H,22,23)/t10?,13-,14?/m0/s1. The van der Waals surface area contributed by atoms with Crippen molar-refractivity contribution in [3.8, 4) is 17.8 Å². The smallest absolute Gasteiger partial charge is 0.326 e. The van der Waals surface area contributed by atoms with Crippen molar-refractivity contribution in [2.24, 2.45) is 11.8 Å². The lowest BCUT2D eigenvalue weighted by atomic mass is 9.98. The quantitative estimate of drug-likeness (QED) is 0.637. The Hall–Kier alpha value is -2.58. The van der Waals surface area contributed by atoms with Crippen molar-refractivity contribution in [2.45, 2.75) is 46.3 Å². The third-order valence-electron chi connectivity index (χ3n) is 3.95. The maximum Gasteiger partial charge on any atom is 0.326 e. The van der Waals surface area contributed by atoms with Crippen LogP contribution in [0.4, 0.5) is 0 Å². The Labute approximate surface area is 153 Å². The van der Waals surface area contributed by atoms with Gasteiger partial charge in [0.05, 0.1) is 20.3 Å². The molecule has 9 heteroatoms. The molecule has 2 unspecified atom stereocenters. The molecule has 0 radical (unpaired) electrons. The second kappa shape index (κ2) is 9.79. The van der Waals surface area contributed by atoms with E-state index >= 15 is 0 Å². The van der Waals surface area contributed by atoms with Crippen LogP contribution >= 0.6 is 0 Å². The lowest BCUT2D eigenvalue weighted by Gasteiger charge is -2.25. The van der Waals surface area contributed by atoms with E-state index in [1.807, 2.05) is 6.92 Å². The number of carbonyl (C=O) groups is 2. The molecular weight excluding hydrogens is 342 g/mol. The fraction of sp³-hybridized carbons (Fsp3) is 0.647. The first-order chi connectivity index (χ1) is 12.2. The Balaban J connectivity index is 3.01. The summed E-state index contributed by atoms with van der Waals surface area (Å²) in [5.41, 5.74) is 0. The van der Waals surface area contributed by atoms with Gasteiger partial charge in [-0.1, -0.05) is 34.1 Å². The number of carboxylic acids is 1. The highest BCUT2D eigenvalue weighted by molar-refractivity contribution is 5.86. The summed E-state index contributed by atoms with van der Waals surface area (Å²) in [6.45, 7) is 7.18. The highest BCUT2D eigenvalue weighted by Gasteiger charge is 2.32. The molecule has 1 aromatic heterocycles. The van der Waals surface area contributed by atoms with Crippen LogP contribution in [-0.4, -0.2) is 53.3 Å². The van der Waals surface area contributed by atoms with E-state index in [1.165, 1.54) is 20.3 Å². The van der Waals surface area contributed by atoms with Gasteiger partial charge in [-0.25, -0.2) is 4.79 Å². The molecule has 0 saturated heterocycles. The number of aliphatic carboxylic acids is 1. The fourth-order valence-electron chi connectivity index (χ4n) is 2.17. The van der Waals surface area contributed by atoms with Crippen molar-refractivity contribution in [1.29, 1.82) is 0 Å². The van der Waals surface area contributed by atoms with Gasteiger partial charge in [0, 0.05) is 0 Å². The number of methoxy groups -OCH3 is 2. The number of hydrogen-bond donors (Lipinski definition) is 2. The molecule has 9 nitrogen and oxygen atoms in total. The molecule has 0 aliphatic rings. The van der Waals surface area contributed by atoms with E-state index in [1.54, 1.807) is 20.8 Å². The number of ether oxygens (including phenoxy) is 3. The van der Waals surface area contributed by atoms with Gasteiger partial charge in [0.25, 0.3) is 5.91 Å². The molecular formula is C17H27N3O6. The van der Waals surface area contributed by atoms with E-state index in [2.05, 4.69) is 15.3 Å². The maximum atomic E-state index is 12.6. The second-order valence-corrected chi connectivity index (χ2v) is 6.23. The first-order valence-corrected chi connectivity index (χ1v) is 8.40. The van der Waals surface area contributed by atoms with E-state index in [-0.39, 0.29) is 29.6 Å². The summed E-state index contributed by atoms with van der Waals surface area (Å²) in [5, 5.41) is 11.9. The van der Waals surface area contributed by atoms with Gasteiger partial charge >= 0.3 is 12.0 Å². The van der Waals surface area contributed by atoms with Crippen molar-refractivity contribution in [3.63, 3.8) is 0 Å². The largest absolute Gasteiger partial charge is 0.481 e. The number of carboxylic acid groups (broad SMARTS) is 1. The first-order valence-electron chi connectivity index (χ1n) is 8.40. The van der Waals surface area contributed by atoms with Crippen molar-refractivity contribution in [3.05, 3.63) is 6.07 Å². The van der Waals surface area contributed by atoms with Crippen LogP contribution in [0.2, 0.25) is 0 Å². The molecule has 0 bridgehead atoms. The van der Waals surface area contributed by atoms with Gasteiger partial charge in [-0.05, 0) is 11.8 Å². The minimum atomic E-state index is -1.09. The molecule has 1 rings (SSSR count). The Kier molecular flexibility index (Phi) is 8.08. The minimum absolute atomic E-state index is 0.0922. The van der Waals surface area contributed by atoms with Gasteiger partial charge in [0.2, 0.25) is 11.8 Å². The van der Waals surface area contributed by atoms with E-state index < -0.39 is 24.0 Å². The summed E-state index contributed by atoms with van der Waals surface area (Å²) in [6, 6.07) is 0.379. The average Bonchev–Trinajstić information content (AvgIpc) is 2.62. The number of hydrogen-bond acceptors (Lipinski definition) is 7. The highest BCUT2D eigenvalue weighted by atomic mass is 16.5. The van der Waals surface area contributed by atoms with Gasteiger partial charge in [-0.15, -0.1) is 0 Å². The Morgan fingerprint density at radius 1 is 1.15 bits per heavy atom. The molecule has 3 atom stereocenters. The SMILES string of the molecule is CCC(C)[C@H](NC(=O)C(Oc1nc(OC)cc(OC)n1)C(C)C)C(=O)O. The molecule has 2 N–H and O–H groups in total. The van der Waals surface area contributed by atoms with Gasteiger partial charge in [0.15, 0.2) is 6.10 Å². The number of aromatic nitrogens is 2. The summed E-state index contributed by atoms with van der Waals surface area (Å²) in [7, 11) is 2.86. The number of nitrogens with one attached hydrogen (secondary N) is 1. The predicted molar refractivity (Wildman–Crippen MR) is 93.4 cm³/mol. The summed E-state index contributed by atoms with van der Waals surface area (Å²) in [6.07, 6.45) is -0.363.